The van der Waals surface area contributed by atoms with E-state index in [0.717, 1.165) is 18.6 Å². The van der Waals surface area contributed by atoms with Crippen LogP contribution in [0.1, 0.15) is 39.7 Å². The summed E-state index contributed by atoms with van der Waals surface area (Å²) in [5, 5.41) is 0.179. The van der Waals surface area contributed by atoms with Crippen molar-refractivity contribution >= 4 is 11.6 Å². The van der Waals surface area contributed by atoms with E-state index < -0.39 is 0 Å². The number of hydrogen-bond acceptors (Lipinski definition) is 2. The number of nitrogens with zero attached hydrogens (tertiary/aromatic N) is 1. The summed E-state index contributed by atoms with van der Waals surface area (Å²) in [6.07, 6.45) is 5.53. The Morgan fingerprint density at radius 2 is 2.06 bits per heavy atom. The van der Waals surface area contributed by atoms with Gasteiger partial charge >= 0.3 is 0 Å². The van der Waals surface area contributed by atoms with Gasteiger partial charge in [0, 0.05) is 11.6 Å². The fraction of sp³-hybridized carbons (Fsp3) is 0.643. The summed E-state index contributed by atoms with van der Waals surface area (Å²) in [5.41, 5.74) is 1.33. The molecule has 0 aliphatic carbocycles. The van der Waals surface area contributed by atoms with Gasteiger partial charge in [-0.3, -0.25) is 4.98 Å². The Morgan fingerprint density at radius 1 is 1.35 bits per heavy atom. The van der Waals surface area contributed by atoms with Gasteiger partial charge in [-0.15, -0.1) is 11.6 Å². The van der Waals surface area contributed by atoms with Gasteiger partial charge < -0.3 is 4.74 Å². The Bertz CT molecular complexity index is 346. The first-order valence-corrected chi connectivity index (χ1v) is 6.58. The summed E-state index contributed by atoms with van der Waals surface area (Å²) in [6.45, 7) is 9.14. The first-order valence-electron chi connectivity index (χ1n) is 6.14. The van der Waals surface area contributed by atoms with Gasteiger partial charge in [0.15, 0.2) is 0 Å². The van der Waals surface area contributed by atoms with E-state index in [2.05, 4.69) is 25.8 Å². The molecule has 1 atom stereocenters. The van der Waals surface area contributed by atoms with Crippen molar-refractivity contribution in [3.8, 4) is 5.75 Å². The van der Waals surface area contributed by atoms with Crippen molar-refractivity contribution in [2.45, 2.75) is 45.9 Å². The van der Waals surface area contributed by atoms with Crippen molar-refractivity contribution in [3.05, 3.63) is 24.0 Å². The van der Waals surface area contributed by atoms with E-state index in [0.29, 0.717) is 6.61 Å². The molecule has 1 aromatic heterocycles. The van der Waals surface area contributed by atoms with Crippen molar-refractivity contribution in [1.29, 1.82) is 0 Å². The highest BCUT2D eigenvalue weighted by atomic mass is 35.5. The molecule has 1 rings (SSSR count). The van der Waals surface area contributed by atoms with Gasteiger partial charge in [0.2, 0.25) is 0 Å². The molecule has 0 N–H and O–H groups in total. The lowest BCUT2D eigenvalue weighted by molar-refractivity contribution is 0.338. The zero-order valence-corrected chi connectivity index (χ0v) is 11.9. The molecule has 0 saturated heterocycles. The maximum atomic E-state index is 6.36. The van der Waals surface area contributed by atoms with Crippen LogP contribution < -0.4 is 4.74 Å². The highest BCUT2D eigenvalue weighted by Crippen LogP contribution is 2.28. The van der Waals surface area contributed by atoms with Crippen molar-refractivity contribution in [3.63, 3.8) is 0 Å². The van der Waals surface area contributed by atoms with Gasteiger partial charge in [-0.05, 0) is 36.8 Å². The van der Waals surface area contributed by atoms with E-state index in [4.69, 9.17) is 16.3 Å². The fourth-order valence-electron chi connectivity index (χ4n) is 1.57. The second-order valence-corrected chi connectivity index (χ2v) is 5.86. The van der Waals surface area contributed by atoms with Gasteiger partial charge in [-0.2, -0.15) is 0 Å². The van der Waals surface area contributed by atoms with Crippen LogP contribution in [0.15, 0.2) is 18.5 Å². The smallest absolute Gasteiger partial charge is 0.137 e. The molecule has 0 aliphatic heterocycles. The lowest BCUT2D eigenvalue weighted by Crippen LogP contribution is -2.21. The molecular formula is C14H22ClNO. The third-order valence-corrected chi connectivity index (χ3v) is 3.58. The molecule has 96 valence electrons. The predicted molar refractivity (Wildman–Crippen MR) is 72.8 cm³/mol. The number of ether oxygens (including phenoxy) is 1. The number of aryl methyl sites for hydroxylation is 1. The van der Waals surface area contributed by atoms with Gasteiger partial charge in [-0.1, -0.05) is 20.8 Å². The third kappa shape index (κ3) is 4.95. The summed E-state index contributed by atoms with van der Waals surface area (Å²) >= 11 is 6.36. The van der Waals surface area contributed by atoms with Crippen LogP contribution in [0.5, 0.6) is 5.75 Å². The molecule has 0 radical (unpaired) electrons. The van der Waals surface area contributed by atoms with Crippen molar-refractivity contribution in [2.24, 2.45) is 5.41 Å². The minimum Gasteiger partial charge on any atom is -0.492 e. The molecule has 3 heteroatoms. The fourth-order valence-corrected chi connectivity index (χ4v) is 1.68. The molecule has 0 aliphatic rings. The molecule has 0 fully saturated rings. The maximum absolute atomic E-state index is 6.36. The molecule has 17 heavy (non-hydrogen) atoms. The normalized spacial score (nSPS) is 13.5. The first kappa shape index (κ1) is 14.3. The van der Waals surface area contributed by atoms with E-state index >= 15 is 0 Å². The molecule has 0 amide bonds. The van der Waals surface area contributed by atoms with Gasteiger partial charge in [-0.25, -0.2) is 0 Å². The summed E-state index contributed by atoms with van der Waals surface area (Å²) in [6, 6.07) is 2.04. The number of rotatable bonds is 5. The second kappa shape index (κ2) is 6.25. The molecule has 0 saturated carbocycles. The summed E-state index contributed by atoms with van der Waals surface area (Å²) in [7, 11) is 0. The number of aromatic nitrogens is 1. The lowest BCUT2D eigenvalue weighted by atomic mass is 9.88. The van der Waals surface area contributed by atoms with Crippen molar-refractivity contribution in [2.75, 3.05) is 6.61 Å². The zero-order valence-electron chi connectivity index (χ0n) is 11.2. The maximum Gasteiger partial charge on any atom is 0.137 e. The summed E-state index contributed by atoms with van der Waals surface area (Å²) in [5.74, 6) is 0.840. The Morgan fingerprint density at radius 3 is 2.65 bits per heavy atom. The monoisotopic (exact) mass is 255 g/mol. The van der Waals surface area contributed by atoms with E-state index in [-0.39, 0.29) is 10.8 Å². The average molecular weight is 256 g/mol. The molecular weight excluding hydrogens is 234 g/mol. The van der Waals surface area contributed by atoms with Crippen molar-refractivity contribution < 1.29 is 4.74 Å². The molecule has 0 aromatic carbocycles. The second-order valence-electron chi connectivity index (χ2n) is 5.33. The van der Waals surface area contributed by atoms with Crippen LogP contribution in [-0.4, -0.2) is 17.0 Å². The Kier molecular flexibility index (Phi) is 5.26. The van der Waals surface area contributed by atoms with Crippen LogP contribution in [0.25, 0.3) is 0 Å². The quantitative estimate of drug-likeness (QED) is 0.740. The third-order valence-electron chi connectivity index (χ3n) is 2.71. The van der Waals surface area contributed by atoms with E-state index in [9.17, 15) is 0 Å². The minimum absolute atomic E-state index is 0.145. The SMILES string of the molecule is CCOc1cncc(CCC(Cl)C(C)(C)C)c1. The van der Waals surface area contributed by atoms with Crippen LogP contribution in [0, 0.1) is 5.41 Å². The van der Waals surface area contributed by atoms with E-state index in [1.807, 2.05) is 19.2 Å². The Balaban J connectivity index is 2.54. The predicted octanol–water partition coefficient (Wildman–Crippen LogP) is 4.07. The van der Waals surface area contributed by atoms with Crippen LogP contribution in [0.2, 0.25) is 0 Å². The standard InChI is InChI=1S/C14H22ClNO/c1-5-17-12-8-11(9-16-10-12)6-7-13(15)14(2,3)4/h8-10,13H,5-7H2,1-4H3. The first-order chi connectivity index (χ1) is 7.93. The molecule has 1 heterocycles. The number of alkyl halides is 1. The molecule has 2 nitrogen and oxygen atoms in total. The number of halogens is 1. The highest BCUT2D eigenvalue weighted by molar-refractivity contribution is 6.21. The average Bonchev–Trinajstić information content (AvgIpc) is 2.25. The summed E-state index contributed by atoms with van der Waals surface area (Å²) in [4.78, 5) is 4.18. The number of pyridine rings is 1. The molecule has 0 spiro atoms. The highest BCUT2D eigenvalue weighted by Gasteiger charge is 2.21. The van der Waals surface area contributed by atoms with Gasteiger partial charge in [0.25, 0.3) is 0 Å². The Hall–Kier alpha value is -0.760. The van der Waals surface area contributed by atoms with Gasteiger partial charge in [0.05, 0.1) is 12.8 Å². The number of hydrogen-bond donors (Lipinski definition) is 0. The van der Waals surface area contributed by atoms with E-state index in [1.54, 1.807) is 6.20 Å². The topological polar surface area (TPSA) is 22.1 Å². The van der Waals surface area contributed by atoms with Crippen LogP contribution >= 0.6 is 11.6 Å². The van der Waals surface area contributed by atoms with Gasteiger partial charge in [0.1, 0.15) is 5.75 Å². The molecule has 1 aromatic rings. The van der Waals surface area contributed by atoms with Crippen LogP contribution in [-0.2, 0) is 6.42 Å². The zero-order chi connectivity index (χ0) is 12.9. The summed E-state index contributed by atoms with van der Waals surface area (Å²) < 4.78 is 5.43. The minimum atomic E-state index is 0.145. The van der Waals surface area contributed by atoms with Crippen LogP contribution in [0.4, 0.5) is 0 Å². The van der Waals surface area contributed by atoms with Crippen LogP contribution in [0.3, 0.4) is 0 Å². The van der Waals surface area contributed by atoms with Crippen molar-refractivity contribution in [1.82, 2.24) is 4.98 Å². The molecule has 0 bridgehead atoms. The largest absolute Gasteiger partial charge is 0.492 e. The Labute approximate surface area is 109 Å². The van der Waals surface area contributed by atoms with E-state index in [1.165, 1.54) is 5.56 Å². The lowest BCUT2D eigenvalue weighted by Gasteiger charge is -2.25. The molecule has 1 unspecified atom stereocenters.